The minimum atomic E-state index is -0.710. The van der Waals surface area contributed by atoms with Crippen LogP contribution in [0, 0.1) is 11.6 Å². The first-order chi connectivity index (χ1) is 12.6. The standard InChI is InChI=1S/C17H16F2N6O/c18-12-3-4-13(19)14(11-12)22-17(26)21-8-7-20-15-5-6-16(24-23-15)25-9-1-2-10-25/h1-6,9-11H,7-8H2,(H,20,23)(H2,21,22,26). The van der Waals surface area contributed by atoms with Gasteiger partial charge in [-0.25, -0.2) is 13.6 Å². The first-order valence-electron chi connectivity index (χ1n) is 7.83. The number of urea groups is 1. The van der Waals surface area contributed by atoms with Gasteiger partial charge in [-0.15, -0.1) is 10.2 Å². The van der Waals surface area contributed by atoms with Crippen LogP contribution >= 0.6 is 0 Å². The van der Waals surface area contributed by atoms with Gasteiger partial charge in [0.25, 0.3) is 0 Å². The fraction of sp³-hybridized carbons (Fsp3) is 0.118. The normalized spacial score (nSPS) is 10.4. The summed E-state index contributed by atoms with van der Waals surface area (Å²) in [5.41, 5.74) is -0.220. The van der Waals surface area contributed by atoms with E-state index >= 15 is 0 Å². The summed E-state index contributed by atoms with van der Waals surface area (Å²) in [5.74, 6) is -0.0995. The van der Waals surface area contributed by atoms with Gasteiger partial charge < -0.3 is 20.5 Å². The molecule has 3 rings (SSSR count). The Labute approximate surface area is 148 Å². The molecule has 2 aromatic heterocycles. The fourth-order valence-electron chi connectivity index (χ4n) is 2.17. The van der Waals surface area contributed by atoms with Gasteiger partial charge in [0.15, 0.2) is 5.82 Å². The molecule has 9 heteroatoms. The van der Waals surface area contributed by atoms with Crippen LogP contribution in [0.1, 0.15) is 0 Å². The lowest BCUT2D eigenvalue weighted by Gasteiger charge is -2.09. The number of anilines is 2. The van der Waals surface area contributed by atoms with Crippen LogP contribution in [0.2, 0.25) is 0 Å². The Balaban J connectivity index is 1.42. The Bertz CT molecular complexity index is 867. The van der Waals surface area contributed by atoms with Crippen molar-refractivity contribution in [1.82, 2.24) is 20.1 Å². The zero-order chi connectivity index (χ0) is 18.4. The van der Waals surface area contributed by atoms with Crippen molar-refractivity contribution in [2.24, 2.45) is 0 Å². The van der Waals surface area contributed by atoms with E-state index in [0.29, 0.717) is 18.2 Å². The Morgan fingerprint density at radius 3 is 2.58 bits per heavy atom. The van der Waals surface area contributed by atoms with Gasteiger partial charge in [0.2, 0.25) is 0 Å². The van der Waals surface area contributed by atoms with Gasteiger partial charge in [-0.1, -0.05) is 0 Å². The van der Waals surface area contributed by atoms with E-state index in [-0.39, 0.29) is 12.2 Å². The topological polar surface area (TPSA) is 83.9 Å². The highest BCUT2D eigenvalue weighted by molar-refractivity contribution is 5.89. The second-order valence-corrected chi connectivity index (χ2v) is 5.30. The lowest BCUT2D eigenvalue weighted by Crippen LogP contribution is -2.33. The Morgan fingerprint density at radius 2 is 1.85 bits per heavy atom. The Hall–Kier alpha value is -3.49. The zero-order valence-electron chi connectivity index (χ0n) is 13.6. The van der Waals surface area contributed by atoms with E-state index in [1.54, 1.807) is 6.07 Å². The summed E-state index contributed by atoms with van der Waals surface area (Å²) < 4.78 is 28.3. The van der Waals surface area contributed by atoms with Crippen LogP contribution in [0.25, 0.3) is 5.82 Å². The molecule has 2 heterocycles. The predicted molar refractivity (Wildman–Crippen MR) is 93.2 cm³/mol. The van der Waals surface area contributed by atoms with E-state index in [1.807, 2.05) is 35.2 Å². The molecule has 0 saturated heterocycles. The number of aromatic nitrogens is 3. The van der Waals surface area contributed by atoms with Crippen molar-refractivity contribution in [3.8, 4) is 5.82 Å². The molecule has 1 aromatic carbocycles. The van der Waals surface area contributed by atoms with Crippen LogP contribution < -0.4 is 16.0 Å². The van der Waals surface area contributed by atoms with E-state index < -0.39 is 17.7 Å². The number of benzene rings is 1. The summed E-state index contributed by atoms with van der Waals surface area (Å²) in [5, 5.41) is 15.9. The van der Waals surface area contributed by atoms with E-state index in [0.717, 1.165) is 18.2 Å². The second-order valence-electron chi connectivity index (χ2n) is 5.30. The summed E-state index contributed by atoms with van der Waals surface area (Å²) in [6.07, 6.45) is 3.72. The number of halogens is 2. The smallest absolute Gasteiger partial charge is 0.319 e. The van der Waals surface area contributed by atoms with Crippen molar-refractivity contribution >= 4 is 17.5 Å². The third-order valence-corrected chi connectivity index (χ3v) is 3.41. The molecule has 0 aliphatic heterocycles. The molecule has 0 fully saturated rings. The summed E-state index contributed by atoms with van der Waals surface area (Å²) in [7, 11) is 0. The summed E-state index contributed by atoms with van der Waals surface area (Å²) in [6, 6.07) is 9.56. The quantitative estimate of drug-likeness (QED) is 0.592. The van der Waals surface area contributed by atoms with Gasteiger partial charge >= 0.3 is 6.03 Å². The van der Waals surface area contributed by atoms with Crippen molar-refractivity contribution in [3.63, 3.8) is 0 Å². The molecule has 0 unspecified atom stereocenters. The number of nitrogens with one attached hydrogen (secondary N) is 3. The lowest BCUT2D eigenvalue weighted by molar-refractivity contribution is 0.252. The van der Waals surface area contributed by atoms with Gasteiger partial charge in [-0.05, 0) is 36.4 Å². The van der Waals surface area contributed by atoms with E-state index in [2.05, 4.69) is 26.1 Å². The van der Waals surface area contributed by atoms with E-state index in [9.17, 15) is 13.6 Å². The highest BCUT2D eigenvalue weighted by Gasteiger charge is 2.07. The van der Waals surface area contributed by atoms with Crippen LogP contribution in [0.15, 0.2) is 54.9 Å². The monoisotopic (exact) mass is 358 g/mol. The van der Waals surface area contributed by atoms with Crippen LogP contribution in [0.3, 0.4) is 0 Å². The first-order valence-corrected chi connectivity index (χ1v) is 7.83. The largest absolute Gasteiger partial charge is 0.367 e. The summed E-state index contributed by atoms with van der Waals surface area (Å²) >= 11 is 0. The number of rotatable bonds is 6. The van der Waals surface area contributed by atoms with Crippen molar-refractivity contribution in [2.75, 3.05) is 23.7 Å². The van der Waals surface area contributed by atoms with E-state index in [1.165, 1.54) is 0 Å². The minimum Gasteiger partial charge on any atom is -0.367 e. The molecule has 0 bridgehead atoms. The molecule has 0 atom stereocenters. The highest BCUT2D eigenvalue weighted by Crippen LogP contribution is 2.14. The molecular weight excluding hydrogens is 342 g/mol. The van der Waals surface area contributed by atoms with Gasteiger partial charge in [-0.2, -0.15) is 0 Å². The molecule has 0 aliphatic rings. The lowest BCUT2D eigenvalue weighted by atomic mass is 10.3. The number of carbonyl (C=O) groups is 1. The predicted octanol–water partition coefficient (Wildman–Crippen LogP) is 2.78. The molecule has 134 valence electrons. The molecule has 3 N–H and O–H groups in total. The fourth-order valence-corrected chi connectivity index (χ4v) is 2.17. The van der Waals surface area contributed by atoms with E-state index in [4.69, 9.17) is 0 Å². The minimum absolute atomic E-state index is 0.220. The van der Waals surface area contributed by atoms with Gasteiger partial charge in [0.1, 0.15) is 17.5 Å². The van der Waals surface area contributed by atoms with Crippen LogP contribution in [-0.4, -0.2) is 33.9 Å². The van der Waals surface area contributed by atoms with Crippen LogP contribution in [-0.2, 0) is 0 Å². The molecule has 3 aromatic rings. The summed E-state index contributed by atoms with van der Waals surface area (Å²) in [6.45, 7) is 0.639. The Kier molecular flexibility index (Phi) is 5.37. The number of hydrogen-bond donors (Lipinski definition) is 3. The average molecular weight is 358 g/mol. The van der Waals surface area contributed by atoms with Crippen molar-refractivity contribution in [1.29, 1.82) is 0 Å². The SMILES string of the molecule is O=C(NCCNc1ccc(-n2cccc2)nn1)Nc1cc(F)ccc1F. The molecule has 0 spiro atoms. The first kappa shape index (κ1) is 17.3. The van der Waals surface area contributed by atoms with Crippen molar-refractivity contribution < 1.29 is 13.6 Å². The molecule has 0 saturated carbocycles. The maximum atomic E-state index is 13.4. The third-order valence-electron chi connectivity index (χ3n) is 3.41. The van der Waals surface area contributed by atoms with Crippen LogP contribution in [0.5, 0.6) is 0 Å². The molecule has 26 heavy (non-hydrogen) atoms. The van der Waals surface area contributed by atoms with Gasteiger partial charge in [0, 0.05) is 31.5 Å². The molecular formula is C17H16F2N6O. The highest BCUT2D eigenvalue weighted by atomic mass is 19.1. The van der Waals surface area contributed by atoms with Gasteiger partial charge in [0.05, 0.1) is 5.69 Å². The van der Waals surface area contributed by atoms with Crippen molar-refractivity contribution in [3.05, 3.63) is 66.5 Å². The molecule has 7 nitrogen and oxygen atoms in total. The summed E-state index contributed by atoms with van der Waals surface area (Å²) in [4.78, 5) is 11.7. The average Bonchev–Trinajstić information content (AvgIpc) is 3.17. The molecule has 2 amide bonds. The molecule has 0 aliphatic carbocycles. The number of nitrogens with zero attached hydrogens (tertiary/aromatic N) is 3. The zero-order valence-corrected chi connectivity index (χ0v) is 13.6. The Morgan fingerprint density at radius 1 is 1.04 bits per heavy atom. The number of carbonyl (C=O) groups excluding carboxylic acids is 1. The van der Waals surface area contributed by atoms with Gasteiger partial charge in [-0.3, -0.25) is 0 Å². The number of hydrogen-bond acceptors (Lipinski definition) is 4. The second kappa shape index (κ2) is 8.06. The third kappa shape index (κ3) is 4.53. The molecule has 0 radical (unpaired) electrons. The van der Waals surface area contributed by atoms with Crippen LogP contribution in [0.4, 0.5) is 25.1 Å². The maximum absolute atomic E-state index is 13.4. The van der Waals surface area contributed by atoms with Crippen molar-refractivity contribution in [2.45, 2.75) is 0 Å². The number of amides is 2. The maximum Gasteiger partial charge on any atom is 0.319 e.